The molecule has 0 bridgehead atoms. The predicted molar refractivity (Wildman–Crippen MR) is 63.8 cm³/mol. The van der Waals surface area contributed by atoms with E-state index in [1.165, 1.54) is 12.2 Å². The van der Waals surface area contributed by atoms with Gasteiger partial charge in [-0.15, -0.1) is 0 Å². The molecule has 1 aliphatic carbocycles. The third-order valence-corrected chi connectivity index (χ3v) is 2.11. The number of rotatable bonds is 3. The van der Waals surface area contributed by atoms with E-state index >= 15 is 0 Å². The Labute approximate surface area is 97.4 Å². The van der Waals surface area contributed by atoms with Gasteiger partial charge in [-0.25, -0.2) is 14.8 Å². The van der Waals surface area contributed by atoms with Crippen molar-refractivity contribution in [2.45, 2.75) is 12.0 Å². The molecule has 8 heteroatoms. The van der Waals surface area contributed by atoms with E-state index in [-0.39, 0.29) is 18.3 Å². The molecule has 0 aromatic rings. The Hall–Kier alpha value is -2.51. The smallest absolute Gasteiger partial charge is 0.336 e. The third kappa shape index (κ3) is 2.97. The van der Waals surface area contributed by atoms with Gasteiger partial charge >= 0.3 is 5.97 Å². The van der Waals surface area contributed by atoms with E-state index in [4.69, 9.17) is 28.0 Å². The summed E-state index contributed by atoms with van der Waals surface area (Å²) < 4.78 is 0. The summed E-state index contributed by atoms with van der Waals surface area (Å²) in [6.45, 7) is 0. The molecule has 0 aromatic heterocycles. The Balaban J connectivity index is 3.02. The average Bonchev–Trinajstić information content (AvgIpc) is 2.19. The van der Waals surface area contributed by atoms with Crippen molar-refractivity contribution >= 4 is 17.9 Å². The van der Waals surface area contributed by atoms with Crippen molar-refractivity contribution in [1.82, 2.24) is 0 Å². The Bertz CT molecular complexity index is 442. The van der Waals surface area contributed by atoms with Gasteiger partial charge in [0.25, 0.3) is 0 Å². The zero-order valence-corrected chi connectivity index (χ0v) is 9.00. The van der Waals surface area contributed by atoms with Gasteiger partial charge in [0.2, 0.25) is 0 Å². The van der Waals surface area contributed by atoms with Crippen molar-refractivity contribution in [1.29, 1.82) is 0 Å². The van der Waals surface area contributed by atoms with Gasteiger partial charge in [-0.05, 0) is 12.2 Å². The van der Waals surface area contributed by atoms with Gasteiger partial charge in [-0.3, -0.25) is 0 Å². The Morgan fingerprint density at radius 2 is 1.94 bits per heavy atom. The topological polar surface area (TPSA) is 166 Å². The van der Waals surface area contributed by atoms with Crippen molar-refractivity contribution < 1.29 is 9.90 Å². The van der Waals surface area contributed by atoms with Crippen LogP contribution in [0.15, 0.2) is 33.9 Å². The van der Waals surface area contributed by atoms with E-state index in [2.05, 4.69) is 9.98 Å². The lowest BCUT2D eigenvalue weighted by atomic mass is 9.91. The molecule has 1 rings (SSSR count). The van der Waals surface area contributed by atoms with E-state index < -0.39 is 11.5 Å². The molecule has 8 nitrogen and oxygen atoms in total. The van der Waals surface area contributed by atoms with Crippen LogP contribution in [0.1, 0.15) is 6.42 Å². The number of nitrogens with two attached hydrogens (primary N) is 4. The number of carbonyl (C=O) groups is 1. The molecule has 0 saturated carbocycles. The number of hydrogen-bond acceptors (Lipinski definition) is 3. The molecular weight excluding hydrogens is 224 g/mol. The van der Waals surface area contributed by atoms with Gasteiger partial charge in [0.05, 0.1) is 5.70 Å². The highest BCUT2D eigenvalue weighted by Crippen LogP contribution is 2.25. The van der Waals surface area contributed by atoms with Crippen molar-refractivity contribution in [2.75, 3.05) is 0 Å². The lowest BCUT2D eigenvalue weighted by molar-refractivity contribution is -0.141. The second-order valence-electron chi connectivity index (χ2n) is 3.47. The Morgan fingerprint density at radius 1 is 1.29 bits per heavy atom. The SMILES string of the molecule is NC(N)=NC1=CCC(N=C(N)N)(C(=O)O)C=C1. The lowest BCUT2D eigenvalue weighted by Gasteiger charge is -2.22. The minimum Gasteiger partial charge on any atom is -0.479 e. The maximum atomic E-state index is 11.2. The lowest BCUT2D eigenvalue weighted by Crippen LogP contribution is -2.39. The molecule has 0 aromatic carbocycles. The molecule has 0 heterocycles. The molecule has 0 fully saturated rings. The highest BCUT2D eigenvalue weighted by atomic mass is 16.4. The minimum absolute atomic E-state index is 0.0723. The molecule has 92 valence electrons. The Morgan fingerprint density at radius 3 is 2.29 bits per heavy atom. The molecule has 1 atom stereocenters. The van der Waals surface area contributed by atoms with Crippen molar-refractivity contribution in [3.05, 3.63) is 23.9 Å². The standard InChI is InChI=1S/C9H14N6O2/c10-7(11)14-5-1-3-9(4-2-5,6(16)17)15-8(12)13/h1-3H,4H2,(H,16,17)(H4,10,11,14)(H4,12,13,15). The number of carboxylic acids is 1. The number of aliphatic imine (C=N–C) groups is 2. The number of allylic oxidation sites excluding steroid dienone is 1. The van der Waals surface area contributed by atoms with Gasteiger partial charge < -0.3 is 28.0 Å². The van der Waals surface area contributed by atoms with Crippen LogP contribution in [0.3, 0.4) is 0 Å². The second kappa shape index (κ2) is 4.56. The quantitative estimate of drug-likeness (QED) is 0.287. The highest BCUT2D eigenvalue weighted by Gasteiger charge is 2.36. The predicted octanol–water partition coefficient (Wildman–Crippen LogP) is -1.80. The van der Waals surface area contributed by atoms with Crippen LogP contribution in [-0.4, -0.2) is 28.5 Å². The fourth-order valence-corrected chi connectivity index (χ4v) is 1.37. The number of nitrogens with zero attached hydrogens (tertiary/aromatic N) is 2. The summed E-state index contributed by atoms with van der Waals surface area (Å²) in [7, 11) is 0. The third-order valence-electron chi connectivity index (χ3n) is 2.11. The summed E-state index contributed by atoms with van der Waals surface area (Å²) in [5, 5.41) is 9.12. The zero-order valence-electron chi connectivity index (χ0n) is 9.00. The molecule has 0 radical (unpaired) electrons. The van der Waals surface area contributed by atoms with Crippen molar-refractivity contribution in [3.63, 3.8) is 0 Å². The van der Waals surface area contributed by atoms with Crippen LogP contribution in [0.4, 0.5) is 0 Å². The van der Waals surface area contributed by atoms with Gasteiger partial charge in [0, 0.05) is 6.42 Å². The van der Waals surface area contributed by atoms with Crippen LogP contribution in [0, 0.1) is 0 Å². The monoisotopic (exact) mass is 238 g/mol. The normalized spacial score (nSPS) is 22.5. The molecule has 9 N–H and O–H groups in total. The summed E-state index contributed by atoms with van der Waals surface area (Å²) in [6.07, 6.45) is 4.41. The van der Waals surface area contributed by atoms with E-state index in [1.54, 1.807) is 6.08 Å². The first kappa shape index (κ1) is 12.6. The van der Waals surface area contributed by atoms with Crippen LogP contribution in [0.2, 0.25) is 0 Å². The van der Waals surface area contributed by atoms with Crippen molar-refractivity contribution in [3.8, 4) is 0 Å². The van der Waals surface area contributed by atoms with Gasteiger partial charge in [-0.1, -0.05) is 6.08 Å². The average molecular weight is 238 g/mol. The number of hydrogen-bond donors (Lipinski definition) is 5. The minimum atomic E-state index is -1.48. The van der Waals surface area contributed by atoms with E-state index in [0.717, 1.165) is 0 Å². The van der Waals surface area contributed by atoms with Crippen molar-refractivity contribution in [2.24, 2.45) is 32.9 Å². The number of guanidine groups is 2. The molecule has 0 aliphatic heterocycles. The summed E-state index contributed by atoms with van der Waals surface area (Å²) in [5.41, 5.74) is 19.8. The second-order valence-corrected chi connectivity index (χ2v) is 3.47. The molecule has 0 spiro atoms. The fraction of sp³-hybridized carbons (Fsp3) is 0.222. The molecular formula is C9H14N6O2. The van der Waals surface area contributed by atoms with Gasteiger partial charge in [0.1, 0.15) is 0 Å². The van der Waals surface area contributed by atoms with E-state index in [9.17, 15) is 4.79 Å². The first-order chi connectivity index (χ1) is 7.85. The summed E-state index contributed by atoms with van der Waals surface area (Å²) >= 11 is 0. The van der Waals surface area contributed by atoms with Gasteiger partial charge in [0.15, 0.2) is 17.5 Å². The van der Waals surface area contributed by atoms with Crippen LogP contribution in [-0.2, 0) is 4.79 Å². The maximum absolute atomic E-state index is 11.2. The van der Waals surface area contributed by atoms with Crippen LogP contribution >= 0.6 is 0 Å². The van der Waals surface area contributed by atoms with Gasteiger partial charge in [-0.2, -0.15) is 0 Å². The summed E-state index contributed by atoms with van der Waals surface area (Å²) in [4.78, 5) is 18.7. The van der Waals surface area contributed by atoms with Crippen LogP contribution in [0.5, 0.6) is 0 Å². The summed E-state index contributed by atoms with van der Waals surface area (Å²) in [5.74, 6) is -1.55. The molecule has 1 unspecified atom stereocenters. The number of aliphatic carboxylic acids is 1. The zero-order chi connectivity index (χ0) is 13.1. The Kier molecular flexibility index (Phi) is 3.37. The molecule has 0 saturated heterocycles. The highest BCUT2D eigenvalue weighted by molar-refractivity contribution is 5.88. The summed E-state index contributed by atoms with van der Waals surface area (Å²) in [6, 6.07) is 0. The largest absolute Gasteiger partial charge is 0.479 e. The van der Waals surface area contributed by atoms with E-state index in [0.29, 0.717) is 5.70 Å². The van der Waals surface area contributed by atoms with E-state index in [1.807, 2.05) is 0 Å². The molecule has 17 heavy (non-hydrogen) atoms. The van der Waals surface area contributed by atoms with Crippen LogP contribution in [0.25, 0.3) is 0 Å². The maximum Gasteiger partial charge on any atom is 0.336 e. The molecule has 1 aliphatic rings. The first-order valence-corrected chi connectivity index (χ1v) is 4.69. The van der Waals surface area contributed by atoms with Crippen LogP contribution < -0.4 is 22.9 Å². The fourth-order valence-electron chi connectivity index (χ4n) is 1.37. The first-order valence-electron chi connectivity index (χ1n) is 4.69. The number of carboxylic acid groups (broad SMARTS) is 1. The molecule has 0 amide bonds.